The first-order valence-electron chi connectivity index (χ1n) is 4.39. The van der Waals surface area contributed by atoms with Gasteiger partial charge in [0.2, 0.25) is 0 Å². The Morgan fingerprint density at radius 2 is 2.31 bits per heavy atom. The van der Waals surface area contributed by atoms with Gasteiger partial charge in [-0.1, -0.05) is 0 Å². The van der Waals surface area contributed by atoms with Crippen molar-refractivity contribution in [3.8, 4) is 0 Å². The van der Waals surface area contributed by atoms with Gasteiger partial charge in [-0.3, -0.25) is 0 Å². The van der Waals surface area contributed by atoms with Gasteiger partial charge in [0.25, 0.3) is 0 Å². The number of nitrogens with zero attached hydrogens (tertiary/aromatic N) is 1. The molecular formula is C9H16N2OS. The van der Waals surface area contributed by atoms with Crippen LogP contribution < -0.4 is 5.73 Å². The predicted octanol–water partition coefficient (Wildman–Crippen LogP) is 1.87. The lowest BCUT2D eigenvalue weighted by Crippen LogP contribution is -2.21. The predicted molar refractivity (Wildman–Crippen MR) is 54.7 cm³/mol. The van der Waals surface area contributed by atoms with Crippen molar-refractivity contribution in [1.29, 1.82) is 0 Å². The second-order valence-corrected chi connectivity index (χ2v) is 4.15. The minimum absolute atomic E-state index is 0.285. The van der Waals surface area contributed by atoms with Crippen LogP contribution in [0.5, 0.6) is 0 Å². The van der Waals surface area contributed by atoms with Crippen molar-refractivity contribution in [2.24, 2.45) is 5.73 Å². The van der Waals surface area contributed by atoms with Crippen LogP contribution in [0.25, 0.3) is 0 Å². The molecule has 0 unspecified atom stereocenters. The molecule has 3 nitrogen and oxygen atoms in total. The summed E-state index contributed by atoms with van der Waals surface area (Å²) < 4.78 is 5.58. The molecule has 0 saturated heterocycles. The molecule has 0 amide bonds. The number of nitrogens with two attached hydrogens (primary N) is 1. The molecular weight excluding hydrogens is 184 g/mol. The van der Waals surface area contributed by atoms with Crippen LogP contribution in [-0.4, -0.2) is 11.6 Å². The van der Waals surface area contributed by atoms with E-state index in [0.29, 0.717) is 13.2 Å². The molecule has 1 rings (SSSR count). The van der Waals surface area contributed by atoms with Gasteiger partial charge in [0.05, 0.1) is 5.69 Å². The first kappa shape index (κ1) is 10.6. The highest BCUT2D eigenvalue weighted by Gasteiger charge is 2.24. The topological polar surface area (TPSA) is 48.1 Å². The molecule has 1 heterocycles. The Balaban J connectivity index is 2.80. The Morgan fingerprint density at radius 1 is 1.62 bits per heavy atom. The van der Waals surface area contributed by atoms with Crippen molar-refractivity contribution in [2.75, 3.05) is 6.61 Å². The third kappa shape index (κ3) is 2.49. The first-order chi connectivity index (χ1) is 6.10. The Bertz CT molecular complexity index is 270. The summed E-state index contributed by atoms with van der Waals surface area (Å²) in [5, 5.41) is 2.98. The Hall–Kier alpha value is -0.450. The molecule has 2 N–H and O–H groups in total. The average Bonchev–Trinajstić information content (AvgIpc) is 2.52. The Morgan fingerprint density at radius 3 is 2.77 bits per heavy atom. The summed E-state index contributed by atoms with van der Waals surface area (Å²) in [6.45, 7) is 7.23. The maximum atomic E-state index is 5.58. The standard InChI is InChI=1S/C9H16N2OS/c1-4-12-9(2,3)8-11-7(5-10)6-13-8/h6H,4-5,10H2,1-3H3. The average molecular weight is 200 g/mol. The molecule has 0 saturated carbocycles. The van der Waals surface area contributed by atoms with Crippen molar-refractivity contribution < 1.29 is 4.74 Å². The summed E-state index contributed by atoms with van der Waals surface area (Å²) >= 11 is 1.60. The highest BCUT2D eigenvalue weighted by atomic mass is 32.1. The van der Waals surface area contributed by atoms with Crippen LogP contribution in [0.3, 0.4) is 0 Å². The summed E-state index contributed by atoms with van der Waals surface area (Å²) in [5.74, 6) is 0. The molecule has 0 fully saturated rings. The molecule has 1 aromatic rings. The first-order valence-corrected chi connectivity index (χ1v) is 5.27. The van der Waals surface area contributed by atoms with Crippen LogP contribution in [0.1, 0.15) is 31.5 Å². The second-order valence-electron chi connectivity index (χ2n) is 3.29. The Labute approximate surface area is 82.9 Å². The minimum atomic E-state index is -0.285. The fourth-order valence-corrected chi connectivity index (χ4v) is 2.01. The zero-order valence-corrected chi connectivity index (χ0v) is 9.15. The van der Waals surface area contributed by atoms with Gasteiger partial charge in [-0.05, 0) is 20.8 Å². The molecule has 4 heteroatoms. The van der Waals surface area contributed by atoms with Crippen LogP contribution >= 0.6 is 11.3 Å². The van der Waals surface area contributed by atoms with Gasteiger partial charge in [-0.2, -0.15) is 0 Å². The van der Waals surface area contributed by atoms with Gasteiger partial charge in [0.15, 0.2) is 0 Å². The fourth-order valence-electron chi connectivity index (χ4n) is 1.10. The SMILES string of the molecule is CCOC(C)(C)c1nc(CN)cs1. The number of ether oxygens (including phenoxy) is 1. The number of hydrogen-bond donors (Lipinski definition) is 1. The van der Waals surface area contributed by atoms with Crippen LogP contribution in [-0.2, 0) is 16.9 Å². The van der Waals surface area contributed by atoms with Crippen molar-refractivity contribution in [1.82, 2.24) is 4.98 Å². The second kappa shape index (κ2) is 4.17. The molecule has 0 bridgehead atoms. The molecule has 0 radical (unpaired) electrons. The van der Waals surface area contributed by atoms with Crippen LogP contribution in [0.15, 0.2) is 5.38 Å². The third-order valence-corrected chi connectivity index (χ3v) is 2.98. The lowest BCUT2D eigenvalue weighted by atomic mass is 10.1. The lowest BCUT2D eigenvalue weighted by Gasteiger charge is -2.21. The third-order valence-electron chi connectivity index (χ3n) is 1.78. The van der Waals surface area contributed by atoms with Crippen molar-refractivity contribution in [2.45, 2.75) is 32.9 Å². The number of rotatable bonds is 4. The minimum Gasteiger partial charge on any atom is -0.369 e. The van der Waals surface area contributed by atoms with E-state index < -0.39 is 0 Å². The van der Waals surface area contributed by atoms with Gasteiger partial charge in [-0.25, -0.2) is 4.98 Å². The van der Waals surface area contributed by atoms with Gasteiger partial charge < -0.3 is 10.5 Å². The van der Waals surface area contributed by atoms with Crippen LogP contribution in [0.2, 0.25) is 0 Å². The zero-order valence-electron chi connectivity index (χ0n) is 8.33. The zero-order chi connectivity index (χ0) is 9.90. The Kier molecular flexibility index (Phi) is 3.41. The maximum Gasteiger partial charge on any atom is 0.124 e. The van der Waals surface area contributed by atoms with Crippen molar-refractivity contribution in [3.05, 3.63) is 16.1 Å². The molecule has 0 aliphatic heterocycles. The molecule has 0 aliphatic rings. The van der Waals surface area contributed by atoms with Crippen LogP contribution in [0, 0.1) is 0 Å². The van der Waals surface area contributed by atoms with Gasteiger partial charge in [0, 0.05) is 18.5 Å². The number of hydrogen-bond acceptors (Lipinski definition) is 4. The van der Waals surface area contributed by atoms with E-state index in [1.165, 1.54) is 0 Å². The van der Waals surface area contributed by atoms with Gasteiger partial charge in [0.1, 0.15) is 10.6 Å². The summed E-state index contributed by atoms with van der Waals surface area (Å²) in [6.07, 6.45) is 0. The largest absolute Gasteiger partial charge is 0.369 e. The highest BCUT2D eigenvalue weighted by Crippen LogP contribution is 2.27. The maximum absolute atomic E-state index is 5.58. The summed E-state index contributed by atoms with van der Waals surface area (Å²) in [7, 11) is 0. The van der Waals surface area contributed by atoms with Gasteiger partial charge >= 0.3 is 0 Å². The number of aromatic nitrogens is 1. The number of thiazole rings is 1. The monoisotopic (exact) mass is 200 g/mol. The van der Waals surface area contributed by atoms with Crippen molar-refractivity contribution >= 4 is 11.3 Å². The quantitative estimate of drug-likeness (QED) is 0.807. The van der Waals surface area contributed by atoms with E-state index >= 15 is 0 Å². The summed E-state index contributed by atoms with van der Waals surface area (Å²) in [4.78, 5) is 4.39. The molecule has 74 valence electrons. The summed E-state index contributed by atoms with van der Waals surface area (Å²) in [6, 6.07) is 0. The molecule has 0 atom stereocenters. The van der Waals surface area contributed by atoms with E-state index in [4.69, 9.17) is 10.5 Å². The van der Waals surface area contributed by atoms with E-state index in [-0.39, 0.29) is 5.60 Å². The highest BCUT2D eigenvalue weighted by molar-refractivity contribution is 7.09. The molecule has 0 spiro atoms. The fraction of sp³-hybridized carbons (Fsp3) is 0.667. The van der Waals surface area contributed by atoms with E-state index in [2.05, 4.69) is 4.98 Å². The molecule has 0 aromatic carbocycles. The molecule has 0 aliphatic carbocycles. The van der Waals surface area contributed by atoms with Gasteiger partial charge in [-0.15, -0.1) is 11.3 Å². The smallest absolute Gasteiger partial charge is 0.124 e. The van der Waals surface area contributed by atoms with Crippen LogP contribution in [0.4, 0.5) is 0 Å². The molecule has 13 heavy (non-hydrogen) atoms. The normalized spacial score (nSPS) is 12.0. The lowest BCUT2D eigenvalue weighted by molar-refractivity contribution is -0.0142. The van der Waals surface area contributed by atoms with E-state index in [9.17, 15) is 0 Å². The summed E-state index contributed by atoms with van der Waals surface area (Å²) in [5.41, 5.74) is 6.14. The van der Waals surface area contributed by atoms with E-state index in [0.717, 1.165) is 10.7 Å². The van der Waals surface area contributed by atoms with E-state index in [1.54, 1.807) is 11.3 Å². The van der Waals surface area contributed by atoms with Crippen molar-refractivity contribution in [3.63, 3.8) is 0 Å². The molecule has 1 aromatic heterocycles. The van der Waals surface area contributed by atoms with E-state index in [1.807, 2.05) is 26.2 Å².